The molecular formula is C38H42FN3O6S. The van der Waals surface area contributed by atoms with Gasteiger partial charge in [-0.2, -0.15) is 0 Å². The van der Waals surface area contributed by atoms with Crippen molar-refractivity contribution in [2.45, 2.75) is 62.0 Å². The van der Waals surface area contributed by atoms with Crippen LogP contribution in [0.5, 0.6) is 11.5 Å². The Morgan fingerprint density at radius 1 is 0.816 bits per heavy atom. The van der Waals surface area contributed by atoms with Crippen LogP contribution in [0.25, 0.3) is 0 Å². The van der Waals surface area contributed by atoms with Crippen LogP contribution in [0.1, 0.15) is 43.2 Å². The molecule has 5 rings (SSSR count). The van der Waals surface area contributed by atoms with Crippen molar-refractivity contribution in [3.63, 3.8) is 0 Å². The maximum atomic E-state index is 14.7. The third-order valence-electron chi connectivity index (χ3n) is 8.77. The van der Waals surface area contributed by atoms with E-state index in [1.54, 1.807) is 36.4 Å². The van der Waals surface area contributed by atoms with Gasteiger partial charge in [-0.25, -0.2) is 12.8 Å². The number of nitrogens with one attached hydrogen (secondary N) is 1. The lowest BCUT2D eigenvalue weighted by Crippen LogP contribution is -2.55. The molecule has 0 saturated heterocycles. The fourth-order valence-corrected chi connectivity index (χ4v) is 7.53. The van der Waals surface area contributed by atoms with E-state index in [4.69, 9.17) is 9.47 Å². The Morgan fingerprint density at radius 2 is 1.47 bits per heavy atom. The highest BCUT2D eigenvalue weighted by Crippen LogP contribution is 2.33. The van der Waals surface area contributed by atoms with Gasteiger partial charge in [0.05, 0.1) is 24.8 Å². The minimum absolute atomic E-state index is 0.0252. The molecule has 0 heterocycles. The predicted molar refractivity (Wildman–Crippen MR) is 186 cm³/mol. The second kappa shape index (κ2) is 16.5. The van der Waals surface area contributed by atoms with Gasteiger partial charge in [0.15, 0.2) is 0 Å². The van der Waals surface area contributed by atoms with Gasteiger partial charge < -0.3 is 19.7 Å². The summed E-state index contributed by atoms with van der Waals surface area (Å²) in [5.41, 5.74) is 1.57. The first-order valence-electron chi connectivity index (χ1n) is 16.4. The van der Waals surface area contributed by atoms with Crippen molar-refractivity contribution >= 4 is 27.5 Å². The third kappa shape index (κ3) is 8.97. The number of ether oxygens (including phenoxy) is 2. The van der Waals surface area contributed by atoms with Crippen molar-refractivity contribution in [3.05, 3.63) is 120 Å². The normalized spacial score (nSPS) is 14.0. The Labute approximate surface area is 287 Å². The lowest BCUT2D eigenvalue weighted by atomic mass is 9.94. The lowest BCUT2D eigenvalue weighted by Gasteiger charge is -2.35. The van der Waals surface area contributed by atoms with Gasteiger partial charge in [0, 0.05) is 19.0 Å². The molecule has 0 bridgehead atoms. The number of hydrogen-bond donors (Lipinski definition) is 1. The number of carbonyl (C=O) groups is 2. The average Bonchev–Trinajstić information content (AvgIpc) is 3.13. The highest BCUT2D eigenvalue weighted by atomic mass is 32.2. The van der Waals surface area contributed by atoms with E-state index >= 15 is 0 Å². The molecule has 1 fully saturated rings. The number of anilines is 1. The van der Waals surface area contributed by atoms with E-state index in [1.165, 1.54) is 55.5 Å². The summed E-state index contributed by atoms with van der Waals surface area (Å²) in [5.74, 6) is -0.670. The van der Waals surface area contributed by atoms with Crippen molar-refractivity contribution in [1.82, 2.24) is 10.2 Å². The Kier molecular flexibility index (Phi) is 11.9. The van der Waals surface area contributed by atoms with Crippen molar-refractivity contribution in [2.75, 3.05) is 25.1 Å². The summed E-state index contributed by atoms with van der Waals surface area (Å²) in [4.78, 5) is 30.3. The molecule has 1 aliphatic carbocycles. The smallest absolute Gasteiger partial charge is 0.264 e. The molecule has 4 aromatic rings. The van der Waals surface area contributed by atoms with Gasteiger partial charge in [-0.3, -0.25) is 13.9 Å². The fourth-order valence-electron chi connectivity index (χ4n) is 6.11. The summed E-state index contributed by atoms with van der Waals surface area (Å²) in [5, 5.41) is 3.18. The molecule has 9 nitrogen and oxygen atoms in total. The number of carbonyl (C=O) groups excluding carboxylic acids is 2. The van der Waals surface area contributed by atoms with Crippen LogP contribution >= 0.6 is 0 Å². The van der Waals surface area contributed by atoms with Crippen molar-refractivity contribution in [1.29, 1.82) is 0 Å². The molecule has 1 aliphatic rings. The first-order chi connectivity index (χ1) is 23.7. The molecule has 4 aromatic carbocycles. The number of amides is 2. The van der Waals surface area contributed by atoms with E-state index in [-0.39, 0.29) is 41.2 Å². The molecule has 11 heteroatoms. The van der Waals surface area contributed by atoms with E-state index < -0.39 is 34.3 Å². The zero-order valence-corrected chi connectivity index (χ0v) is 28.6. The molecule has 0 unspecified atom stereocenters. The zero-order valence-electron chi connectivity index (χ0n) is 27.8. The van der Waals surface area contributed by atoms with E-state index in [0.717, 1.165) is 42.0 Å². The van der Waals surface area contributed by atoms with Gasteiger partial charge in [-0.1, -0.05) is 73.9 Å². The summed E-state index contributed by atoms with van der Waals surface area (Å²) in [6.45, 7) is -0.699. The number of benzene rings is 4. The molecule has 49 heavy (non-hydrogen) atoms. The van der Waals surface area contributed by atoms with Crippen LogP contribution in [0.4, 0.5) is 10.1 Å². The average molecular weight is 688 g/mol. The third-order valence-corrected chi connectivity index (χ3v) is 10.5. The Bertz CT molecular complexity index is 1800. The standard InChI is InChI=1S/C38H42FN3O6S/c1-47-32-21-23-33(24-22-32)49(45,46)42(34-15-9-10-16-36(34)48-2)27-37(43)41(26-29-17-19-30(39)20-18-29)35(25-28-11-5-3-6-12-28)38(44)40-31-13-7-4-8-14-31/h3,5-6,9-12,15-24,31,35H,4,7-8,13-14,25-27H2,1-2H3,(H,40,44)/t35-/m0/s1. The Balaban J connectivity index is 1.58. The van der Waals surface area contributed by atoms with E-state index in [1.807, 2.05) is 30.3 Å². The first kappa shape index (κ1) is 35.4. The van der Waals surface area contributed by atoms with Gasteiger partial charge in [-0.15, -0.1) is 0 Å². The molecule has 0 spiro atoms. The zero-order chi connectivity index (χ0) is 34.8. The second-order valence-corrected chi connectivity index (χ2v) is 13.9. The maximum Gasteiger partial charge on any atom is 0.264 e. The summed E-state index contributed by atoms with van der Waals surface area (Å²) in [6, 6.07) is 26.5. The van der Waals surface area contributed by atoms with Crippen LogP contribution in [0, 0.1) is 5.82 Å². The van der Waals surface area contributed by atoms with Gasteiger partial charge in [0.1, 0.15) is 29.9 Å². The Hall–Kier alpha value is -4.90. The van der Waals surface area contributed by atoms with Gasteiger partial charge in [0.2, 0.25) is 11.8 Å². The summed E-state index contributed by atoms with van der Waals surface area (Å²) in [6.07, 6.45) is 4.99. The predicted octanol–water partition coefficient (Wildman–Crippen LogP) is 6.13. The Morgan fingerprint density at radius 3 is 2.12 bits per heavy atom. The number of sulfonamides is 1. The van der Waals surface area contributed by atoms with Crippen LogP contribution in [0.2, 0.25) is 0 Å². The summed E-state index contributed by atoms with van der Waals surface area (Å²) in [7, 11) is -1.44. The minimum Gasteiger partial charge on any atom is -0.497 e. The van der Waals surface area contributed by atoms with Gasteiger partial charge in [-0.05, 0) is 72.5 Å². The quantitative estimate of drug-likeness (QED) is 0.171. The van der Waals surface area contributed by atoms with Crippen LogP contribution in [-0.2, 0) is 32.6 Å². The number of methoxy groups -OCH3 is 2. The summed E-state index contributed by atoms with van der Waals surface area (Å²) < 4.78 is 54.4. The lowest BCUT2D eigenvalue weighted by molar-refractivity contribution is -0.140. The van der Waals surface area contributed by atoms with Crippen LogP contribution in [0.15, 0.2) is 108 Å². The molecule has 1 N–H and O–H groups in total. The molecule has 2 amide bonds. The topological polar surface area (TPSA) is 105 Å². The fraction of sp³-hybridized carbons (Fsp3) is 0.316. The second-order valence-electron chi connectivity index (χ2n) is 12.1. The molecule has 0 aliphatic heterocycles. The molecule has 1 saturated carbocycles. The van der Waals surface area contributed by atoms with Crippen molar-refractivity contribution < 1.29 is 31.9 Å². The van der Waals surface area contributed by atoms with Crippen LogP contribution < -0.4 is 19.1 Å². The SMILES string of the molecule is COc1ccc(S(=O)(=O)N(CC(=O)N(Cc2ccc(F)cc2)[C@@H](Cc2ccccc2)C(=O)NC2CCCCC2)c2ccccc2OC)cc1. The molecule has 0 aromatic heterocycles. The minimum atomic E-state index is -4.35. The number of para-hydroxylation sites is 2. The van der Waals surface area contributed by atoms with E-state index in [9.17, 15) is 22.4 Å². The monoisotopic (exact) mass is 687 g/mol. The van der Waals surface area contributed by atoms with Crippen LogP contribution in [0.3, 0.4) is 0 Å². The van der Waals surface area contributed by atoms with E-state index in [2.05, 4.69) is 5.32 Å². The molecular weight excluding hydrogens is 645 g/mol. The van der Waals surface area contributed by atoms with Crippen molar-refractivity contribution in [3.8, 4) is 11.5 Å². The van der Waals surface area contributed by atoms with Crippen LogP contribution in [-0.4, -0.2) is 58.0 Å². The number of nitrogens with zero attached hydrogens (tertiary/aromatic N) is 2. The number of hydrogen-bond acceptors (Lipinski definition) is 6. The highest BCUT2D eigenvalue weighted by molar-refractivity contribution is 7.92. The molecule has 258 valence electrons. The van der Waals surface area contributed by atoms with E-state index in [0.29, 0.717) is 11.3 Å². The largest absolute Gasteiger partial charge is 0.497 e. The first-order valence-corrected chi connectivity index (χ1v) is 17.8. The molecule has 1 atom stereocenters. The van der Waals surface area contributed by atoms with Gasteiger partial charge in [0.25, 0.3) is 10.0 Å². The summed E-state index contributed by atoms with van der Waals surface area (Å²) >= 11 is 0. The van der Waals surface area contributed by atoms with Gasteiger partial charge >= 0.3 is 0 Å². The number of halogens is 1. The van der Waals surface area contributed by atoms with Crippen molar-refractivity contribution in [2.24, 2.45) is 0 Å². The maximum absolute atomic E-state index is 14.7. The highest BCUT2D eigenvalue weighted by Gasteiger charge is 2.36. The number of rotatable bonds is 14. The molecule has 0 radical (unpaired) electrons.